The van der Waals surface area contributed by atoms with Gasteiger partial charge in [-0.1, -0.05) is 23.4 Å². The Kier molecular flexibility index (Phi) is 5.38. The van der Waals surface area contributed by atoms with Crippen LogP contribution >= 0.6 is 0 Å². The molecule has 0 radical (unpaired) electrons. The summed E-state index contributed by atoms with van der Waals surface area (Å²) in [4.78, 5) is 20.9. The van der Waals surface area contributed by atoms with E-state index in [2.05, 4.69) is 10.1 Å². The number of hydrogen-bond acceptors (Lipinski definition) is 4. The largest absolute Gasteiger partial charge is 0.414 e. The van der Waals surface area contributed by atoms with Gasteiger partial charge in [-0.25, -0.2) is 4.39 Å². The number of halogens is 4. The van der Waals surface area contributed by atoms with Crippen LogP contribution in [0.3, 0.4) is 0 Å². The van der Waals surface area contributed by atoms with E-state index in [1.54, 1.807) is 6.07 Å². The second kappa shape index (κ2) is 7.73. The monoisotopic (exact) mass is 381 g/mol. The van der Waals surface area contributed by atoms with Gasteiger partial charge in [0.15, 0.2) is 6.04 Å². The first-order valence-electron chi connectivity index (χ1n) is 8.07. The van der Waals surface area contributed by atoms with Gasteiger partial charge in [0, 0.05) is 19.0 Å². The molecule has 2 heterocycles. The van der Waals surface area contributed by atoms with E-state index in [1.807, 2.05) is 5.32 Å². The van der Waals surface area contributed by atoms with Gasteiger partial charge in [0.05, 0.1) is 11.4 Å². The Morgan fingerprint density at radius 1 is 1.26 bits per heavy atom. The fraction of sp³-hybridized carbons (Fsp3) is 0.278. The molecule has 2 atom stereocenters. The van der Waals surface area contributed by atoms with Crippen molar-refractivity contribution in [1.82, 2.24) is 10.3 Å². The first kappa shape index (κ1) is 18.8. The lowest BCUT2D eigenvalue weighted by Crippen LogP contribution is -2.43. The Balaban J connectivity index is 1.63. The molecule has 0 saturated heterocycles. The lowest BCUT2D eigenvalue weighted by Gasteiger charge is -2.22. The Morgan fingerprint density at radius 2 is 2.07 bits per heavy atom. The molecule has 3 rings (SSSR count). The van der Waals surface area contributed by atoms with Gasteiger partial charge in [0.1, 0.15) is 5.82 Å². The second-order valence-electron chi connectivity index (χ2n) is 6.00. The summed E-state index contributed by atoms with van der Waals surface area (Å²) in [7, 11) is 0. The number of carbonyl (C=O) groups excluding carboxylic acids is 1. The third kappa shape index (κ3) is 4.81. The minimum absolute atomic E-state index is 0.0230. The van der Waals surface area contributed by atoms with Crippen LogP contribution in [0.25, 0.3) is 0 Å². The molecule has 1 N–H and O–H groups in total. The Labute approximate surface area is 152 Å². The van der Waals surface area contributed by atoms with Crippen molar-refractivity contribution in [2.75, 3.05) is 0 Å². The van der Waals surface area contributed by atoms with Crippen LogP contribution < -0.4 is 5.32 Å². The smallest absolute Gasteiger partial charge is 0.382 e. The first-order valence-corrected chi connectivity index (χ1v) is 8.07. The number of benzene rings is 1. The van der Waals surface area contributed by atoms with E-state index in [0.717, 1.165) is 0 Å². The number of nitrogens with one attached hydrogen (secondary N) is 1. The van der Waals surface area contributed by atoms with Gasteiger partial charge in [-0.3, -0.25) is 9.78 Å². The summed E-state index contributed by atoms with van der Waals surface area (Å²) >= 11 is 0. The first-order chi connectivity index (χ1) is 12.8. The Bertz CT molecular complexity index is 840. The van der Waals surface area contributed by atoms with Crippen molar-refractivity contribution in [3.63, 3.8) is 0 Å². The lowest BCUT2D eigenvalue weighted by molar-refractivity contribution is -0.167. The van der Waals surface area contributed by atoms with Gasteiger partial charge in [0.2, 0.25) is 6.10 Å². The minimum Gasteiger partial charge on any atom is -0.382 e. The number of aromatic nitrogens is 1. The van der Waals surface area contributed by atoms with Crippen molar-refractivity contribution in [3.05, 3.63) is 65.7 Å². The van der Waals surface area contributed by atoms with Crippen LogP contribution in [0.2, 0.25) is 0 Å². The molecule has 1 amide bonds. The molecule has 0 aliphatic carbocycles. The summed E-state index contributed by atoms with van der Waals surface area (Å²) in [5, 5.41) is 5.67. The summed E-state index contributed by atoms with van der Waals surface area (Å²) in [6.07, 6.45) is -4.41. The van der Waals surface area contributed by atoms with E-state index in [0.29, 0.717) is 11.3 Å². The van der Waals surface area contributed by atoms with Crippen LogP contribution in [0, 0.1) is 5.82 Å². The third-order valence-electron chi connectivity index (χ3n) is 3.92. The number of rotatable bonds is 5. The Hall–Kier alpha value is -2.97. The second-order valence-corrected chi connectivity index (χ2v) is 6.00. The van der Waals surface area contributed by atoms with Gasteiger partial charge in [-0.15, -0.1) is 0 Å². The normalized spacial score (nSPS) is 17.8. The van der Waals surface area contributed by atoms with Gasteiger partial charge >= 0.3 is 6.18 Å². The molecule has 0 saturated carbocycles. The number of hydrogen-bond donors (Lipinski definition) is 1. The molecule has 0 bridgehead atoms. The van der Waals surface area contributed by atoms with E-state index in [1.165, 1.54) is 42.6 Å². The predicted octanol–water partition coefficient (Wildman–Crippen LogP) is 3.33. The molecule has 0 fully saturated rings. The molecule has 5 nitrogen and oxygen atoms in total. The summed E-state index contributed by atoms with van der Waals surface area (Å²) in [6.45, 7) is 0. The molecule has 2 unspecified atom stereocenters. The third-order valence-corrected chi connectivity index (χ3v) is 3.92. The highest BCUT2D eigenvalue weighted by Gasteiger charge is 2.44. The van der Waals surface area contributed by atoms with Gasteiger partial charge < -0.3 is 10.2 Å². The molecule has 0 spiro atoms. The van der Waals surface area contributed by atoms with Crippen molar-refractivity contribution in [1.29, 1.82) is 0 Å². The standard InChI is InChI=1S/C18H15F4N3O2/c19-12-5-3-4-11(8-12)9-13-10-15(27-25-13)17(26)24-16(18(20,21)22)14-6-1-2-7-23-14/h1-8,15-16H,9-10H2,(H,24,26). The minimum atomic E-state index is -4.71. The van der Waals surface area contributed by atoms with Crippen LogP contribution in [-0.2, 0) is 16.1 Å². The van der Waals surface area contributed by atoms with Crippen molar-refractivity contribution in [3.8, 4) is 0 Å². The topological polar surface area (TPSA) is 63.6 Å². The molecular weight excluding hydrogens is 366 g/mol. The van der Waals surface area contributed by atoms with E-state index in [-0.39, 0.29) is 18.5 Å². The highest BCUT2D eigenvalue weighted by atomic mass is 19.4. The van der Waals surface area contributed by atoms with Gasteiger partial charge in [-0.05, 0) is 29.8 Å². The summed E-state index contributed by atoms with van der Waals surface area (Å²) in [5.74, 6) is -1.36. The zero-order valence-corrected chi connectivity index (χ0v) is 13.9. The number of carbonyl (C=O) groups is 1. The van der Waals surface area contributed by atoms with E-state index >= 15 is 0 Å². The SMILES string of the molecule is O=C(NC(c1ccccn1)C(F)(F)F)C1CC(Cc2cccc(F)c2)=NO1. The molecule has 27 heavy (non-hydrogen) atoms. The molecule has 142 valence electrons. The van der Waals surface area contributed by atoms with Crippen molar-refractivity contribution in [2.45, 2.75) is 31.2 Å². The fourth-order valence-corrected chi connectivity index (χ4v) is 2.66. The van der Waals surface area contributed by atoms with E-state index < -0.39 is 30.0 Å². The van der Waals surface area contributed by atoms with Crippen LogP contribution in [0.5, 0.6) is 0 Å². The maximum absolute atomic E-state index is 13.3. The Morgan fingerprint density at radius 3 is 2.74 bits per heavy atom. The van der Waals surface area contributed by atoms with E-state index in [4.69, 9.17) is 4.84 Å². The van der Waals surface area contributed by atoms with Crippen LogP contribution in [0.1, 0.15) is 23.7 Å². The number of amides is 1. The number of nitrogens with zero attached hydrogens (tertiary/aromatic N) is 2. The zero-order valence-electron chi connectivity index (χ0n) is 13.9. The molecule has 1 aliphatic heterocycles. The maximum atomic E-state index is 13.3. The van der Waals surface area contributed by atoms with Gasteiger partial charge in [-0.2, -0.15) is 13.2 Å². The average Bonchev–Trinajstić information content (AvgIpc) is 3.08. The zero-order chi connectivity index (χ0) is 19.4. The predicted molar refractivity (Wildman–Crippen MR) is 88.2 cm³/mol. The number of oxime groups is 1. The summed E-state index contributed by atoms with van der Waals surface area (Å²) in [5.41, 5.74) is 0.749. The maximum Gasteiger partial charge on any atom is 0.414 e. The summed E-state index contributed by atoms with van der Waals surface area (Å²) in [6, 6.07) is 7.64. The van der Waals surface area contributed by atoms with E-state index in [9.17, 15) is 22.4 Å². The van der Waals surface area contributed by atoms with Crippen LogP contribution in [0.4, 0.5) is 17.6 Å². The molecular formula is C18H15F4N3O2. The molecule has 9 heteroatoms. The fourth-order valence-electron chi connectivity index (χ4n) is 2.66. The number of pyridine rings is 1. The molecule has 1 aliphatic rings. The molecule has 1 aromatic carbocycles. The average molecular weight is 381 g/mol. The van der Waals surface area contributed by atoms with Gasteiger partial charge in [0.25, 0.3) is 5.91 Å². The van der Waals surface area contributed by atoms with Crippen LogP contribution in [-0.4, -0.2) is 28.9 Å². The number of alkyl halides is 3. The van der Waals surface area contributed by atoms with Crippen molar-refractivity contribution >= 4 is 11.6 Å². The molecule has 2 aromatic rings. The lowest BCUT2D eigenvalue weighted by atomic mass is 10.0. The highest BCUT2D eigenvalue weighted by molar-refractivity contribution is 5.94. The highest BCUT2D eigenvalue weighted by Crippen LogP contribution is 2.32. The summed E-state index contributed by atoms with van der Waals surface area (Å²) < 4.78 is 53.1. The quantitative estimate of drug-likeness (QED) is 0.809. The van der Waals surface area contributed by atoms with Crippen LogP contribution in [0.15, 0.2) is 53.8 Å². The van der Waals surface area contributed by atoms with Crippen molar-refractivity contribution in [2.24, 2.45) is 5.16 Å². The van der Waals surface area contributed by atoms with Crippen molar-refractivity contribution < 1.29 is 27.2 Å². The molecule has 1 aromatic heterocycles.